The van der Waals surface area contributed by atoms with Crippen LogP contribution in [0.25, 0.3) is 0 Å². The predicted molar refractivity (Wildman–Crippen MR) is 72.3 cm³/mol. The van der Waals surface area contributed by atoms with Crippen LogP contribution in [0.2, 0.25) is 0 Å². The minimum Gasteiger partial charge on any atom is -0.497 e. The second-order valence-electron chi connectivity index (χ2n) is 3.98. The molecule has 6 nitrogen and oxygen atoms in total. The first-order valence-electron chi connectivity index (χ1n) is 6.14. The predicted octanol–water partition coefficient (Wildman–Crippen LogP) is 1.30. The number of rotatable bonds is 4. The maximum Gasteiger partial charge on any atom is 0.375 e. The maximum absolute atomic E-state index is 11.7. The Morgan fingerprint density at radius 1 is 1.37 bits per heavy atom. The first-order chi connectivity index (χ1) is 9.24. The molecule has 1 aliphatic heterocycles. The first-order valence-corrected chi connectivity index (χ1v) is 6.14. The van der Waals surface area contributed by atoms with Gasteiger partial charge in [-0.3, -0.25) is 5.43 Å². The average Bonchev–Trinajstić information content (AvgIpc) is 3.25. The van der Waals surface area contributed by atoms with Gasteiger partial charge in [-0.05, 0) is 31.2 Å². The van der Waals surface area contributed by atoms with Crippen molar-refractivity contribution < 1.29 is 14.3 Å². The van der Waals surface area contributed by atoms with Gasteiger partial charge in [0.2, 0.25) is 5.84 Å². The van der Waals surface area contributed by atoms with Crippen molar-refractivity contribution in [3.63, 3.8) is 0 Å². The van der Waals surface area contributed by atoms with E-state index in [9.17, 15) is 4.79 Å². The van der Waals surface area contributed by atoms with Gasteiger partial charge in [0.15, 0.2) is 0 Å². The summed E-state index contributed by atoms with van der Waals surface area (Å²) in [5, 5.41) is 4.11. The Bertz CT molecular complexity index is 467. The molecule has 1 fully saturated rings. The molecule has 0 atom stereocenters. The van der Waals surface area contributed by atoms with Crippen molar-refractivity contribution in [1.29, 1.82) is 0 Å². The molecule has 0 bridgehead atoms. The Labute approximate surface area is 112 Å². The van der Waals surface area contributed by atoms with Crippen LogP contribution in [-0.4, -0.2) is 43.5 Å². The van der Waals surface area contributed by atoms with Crippen molar-refractivity contribution in [3.05, 3.63) is 24.3 Å². The lowest BCUT2D eigenvalue weighted by molar-refractivity contribution is -0.135. The number of nitrogens with one attached hydrogen (secondary N) is 1. The monoisotopic (exact) mass is 263 g/mol. The fourth-order valence-corrected chi connectivity index (χ4v) is 1.49. The summed E-state index contributed by atoms with van der Waals surface area (Å²) < 4.78 is 10.0. The van der Waals surface area contributed by atoms with Gasteiger partial charge in [-0.1, -0.05) is 0 Å². The zero-order valence-electron chi connectivity index (χ0n) is 11.0. The lowest BCUT2D eigenvalue weighted by atomic mass is 10.3. The van der Waals surface area contributed by atoms with Crippen molar-refractivity contribution in [2.45, 2.75) is 6.92 Å². The zero-order valence-corrected chi connectivity index (χ0v) is 11.0. The molecule has 0 aromatic heterocycles. The van der Waals surface area contributed by atoms with E-state index in [1.807, 2.05) is 29.2 Å². The second-order valence-corrected chi connectivity index (χ2v) is 3.98. The number of benzene rings is 1. The van der Waals surface area contributed by atoms with Gasteiger partial charge >= 0.3 is 5.97 Å². The molecular formula is C13H17N3O3. The van der Waals surface area contributed by atoms with Gasteiger partial charge in [0, 0.05) is 13.1 Å². The molecule has 1 N–H and O–H groups in total. The van der Waals surface area contributed by atoms with E-state index in [1.54, 1.807) is 14.0 Å². The largest absolute Gasteiger partial charge is 0.497 e. The normalized spacial score (nSPS) is 14.0. The number of amidine groups is 1. The van der Waals surface area contributed by atoms with E-state index in [-0.39, 0.29) is 0 Å². The van der Waals surface area contributed by atoms with E-state index >= 15 is 0 Å². The number of hydrogen-bond acceptors (Lipinski definition) is 5. The lowest BCUT2D eigenvalue weighted by Gasteiger charge is -2.08. The third-order valence-electron chi connectivity index (χ3n) is 2.59. The van der Waals surface area contributed by atoms with Gasteiger partial charge in [-0.2, -0.15) is 0 Å². The molecule has 0 amide bonds. The van der Waals surface area contributed by atoms with Crippen LogP contribution < -0.4 is 10.2 Å². The smallest absolute Gasteiger partial charge is 0.375 e. The van der Waals surface area contributed by atoms with Gasteiger partial charge in [0.1, 0.15) is 5.75 Å². The standard InChI is InChI=1S/C13H17N3O3/c1-3-19-13(17)12(16-8-9-16)15-14-10-4-6-11(18-2)7-5-10/h4-7,14H,3,8-9H2,1-2H3. The van der Waals surface area contributed by atoms with Crippen LogP contribution in [0.15, 0.2) is 29.4 Å². The highest BCUT2D eigenvalue weighted by Gasteiger charge is 2.29. The fraction of sp³-hybridized carbons (Fsp3) is 0.385. The number of hydrogen-bond donors (Lipinski definition) is 1. The number of ether oxygens (including phenoxy) is 2. The summed E-state index contributed by atoms with van der Waals surface area (Å²) >= 11 is 0. The quantitative estimate of drug-likeness (QED) is 0.292. The Balaban J connectivity index is 2.02. The minimum absolute atomic E-state index is 0.317. The molecule has 0 unspecified atom stereocenters. The lowest BCUT2D eigenvalue weighted by Crippen LogP contribution is -2.26. The van der Waals surface area contributed by atoms with Crippen LogP contribution in [0.3, 0.4) is 0 Å². The second kappa shape index (κ2) is 6.08. The van der Waals surface area contributed by atoms with Gasteiger partial charge in [-0.25, -0.2) is 4.79 Å². The highest BCUT2D eigenvalue weighted by Crippen LogP contribution is 2.15. The van der Waals surface area contributed by atoms with Gasteiger partial charge in [0.25, 0.3) is 0 Å². The average molecular weight is 263 g/mol. The number of methoxy groups -OCH3 is 1. The van der Waals surface area contributed by atoms with E-state index < -0.39 is 5.97 Å². The van der Waals surface area contributed by atoms with Gasteiger partial charge in [0.05, 0.1) is 19.4 Å². The summed E-state index contributed by atoms with van der Waals surface area (Å²) in [6.45, 7) is 3.78. The molecule has 6 heteroatoms. The van der Waals surface area contributed by atoms with Crippen molar-refractivity contribution in [2.24, 2.45) is 5.10 Å². The van der Waals surface area contributed by atoms with E-state index in [0.717, 1.165) is 24.5 Å². The molecule has 102 valence electrons. The van der Waals surface area contributed by atoms with Crippen LogP contribution in [0.5, 0.6) is 5.75 Å². The zero-order chi connectivity index (χ0) is 13.7. The summed E-state index contributed by atoms with van der Waals surface area (Å²) in [7, 11) is 1.61. The Morgan fingerprint density at radius 3 is 2.58 bits per heavy atom. The third kappa shape index (κ3) is 3.61. The van der Waals surface area contributed by atoms with Crippen molar-refractivity contribution in [3.8, 4) is 5.75 Å². The molecule has 1 saturated heterocycles. The maximum atomic E-state index is 11.7. The molecule has 1 aromatic carbocycles. The molecule has 1 heterocycles. The topological polar surface area (TPSA) is 62.9 Å². The van der Waals surface area contributed by atoms with Crippen LogP contribution in [0.1, 0.15) is 6.92 Å². The molecule has 19 heavy (non-hydrogen) atoms. The molecule has 0 saturated carbocycles. The molecular weight excluding hydrogens is 246 g/mol. The van der Waals surface area contributed by atoms with Gasteiger partial charge in [-0.15, -0.1) is 5.10 Å². The number of anilines is 1. The highest BCUT2D eigenvalue weighted by atomic mass is 16.5. The van der Waals surface area contributed by atoms with Crippen LogP contribution in [-0.2, 0) is 9.53 Å². The third-order valence-corrected chi connectivity index (χ3v) is 2.59. The van der Waals surface area contributed by atoms with Crippen molar-refractivity contribution in [2.75, 3.05) is 32.2 Å². The van der Waals surface area contributed by atoms with Crippen LogP contribution in [0, 0.1) is 0 Å². The Kier molecular flexibility index (Phi) is 4.22. The number of hydrazone groups is 1. The summed E-state index contributed by atoms with van der Waals surface area (Å²) in [6.07, 6.45) is 0. The molecule has 0 aliphatic carbocycles. The van der Waals surface area contributed by atoms with Crippen molar-refractivity contribution in [1.82, 2.24) is 4.90 Å². The highest BCUT2D eigenvalue weighted by molar-refractivity contribution is 6.35. The molecule has 1 aliphatic rings. The molecule has 0 spiro atoms. The Hall–Kier alpha value is -2.24. The summed E-state index contributed by atoms with van der Waals surface area (Å²) in [5.41, 5.74) is 3.63. The van der Waals surface area contributed by atoms with Crippen LogP contribution in [0.4, 0.5) is 5.69 Å². The molecule has 0 radical (unpaired) electrons. The van der Waals surface area contributed by atoms with Gasteiger partial charge < -0.3 is 14.4 Å². The van der Waals surface area contributed by atoms with E-state index in [0.29, 0.717) is 12.4 Å². The summed E-state index contributed by atoms with van der Waals surface area (Å²) in [5.74, 6) is 0.685. The SMILES string of the molecule is CCOC(=O)C(=NNc1ccc(OC)cc1)N1CC1. The van der Waals surface area contributed by atoms with Crippen molar-refractivity contribution >= 4 is 17.5 Å². The summed E-state index contributed by atoms with van der Waals surface area (Å²) in [4.78, 5) is 13.5. The fourth-order valence-electron chi connectivity index (χ4n) is 1.49. The number of carbonyl (C=O) groups is 1. The first kappa shape index (κ1) is 13.2. The number of esters is 1. The Morgan fingerprint density at radius 2 is 2.05 bits per heavy atom. The van der Waals surface area contributed by atoms with Crippen LogP contribution >= 0.6 is 0 Å². The van der Waals surface area contributed by atoms with E-state index in [1.165, 1.54) is 0 Å². The molecule has 2 rings (SSSR count). The number of carbonyl (C=O) groups excluding carboxylic acids is 1. The number of nitrogens with zero attached hydrogens (tertiary/aromatic N) is 2. The minimum atomic E-state index is -0.402. The van der Waals surface area contributed by atoms with E-state index in [2.05, 4.69) is 10.5 Å². The molecule has 1 aromatic rings. The summed E-state index contributed by atoms with van der Waals surface area (Å²) in [6, 6.07) is 7.29. The van der Waals surface area contributed by atoms with E-state index in [4.69, 9.17) is 9.47 Å².